The second kappa shape index (κ2) is 8.47. The normalized spacial score (nSPS) is 15.4. The molecule has 1 heterocycles. The molecule has 1 atom stereocenters. The molecular weight excluding hydrogens is 428 g/mol. The fraction of sp³-hybridized carbons (Fsp3) is 0.167. The number of nitrogens with one attached hydrogen (secondary N) is 1. The maximum absolute atomic E-state index is 13.2. The molecule has 0 fully saturated rings. The van der Waals surface area contributed by atoms with E-state index in [4.69, 9.17) is 4.74 Å². The Morgan fingerprint density at radius 3 is 2.31 bits per heavy atom. The van der Waals surface area contributed by atoms with Crippen LogP contribution in [-0.2, 0) is 14.6 Å². The lowest BCUT2D eigenvalue weighted by atomic mass is 10.0. The van der Waals surface area contributed by atoms with Gasteiger partial charge in [-0.05, 0) is 55.0 Å². The molecule has 4 rings (SSSR count). The molecule has 3 aromatic carbocycles. The van der Waals surface area contributed by atoms with Crippen molar-refractivity contribution in [2.75, 3.05) is 17.9 Å². The highest BCUT2D eigenvalue weighted by atomic mass is 32.2. The fourth-order valence-corrected chi connectivity index (χ4v) is 4.73. The molecule has 0 bridgehead atoms. The molecule has 32 heavy (non-hydrogen) atoms. The van der Waals surface area contributed by atoms with Gasteiger partial charge in [0.25, 0.3) is 5.91 Å². The molecule has 0 aromatic heterocycles. The summed E-state index contributed by atoms with van der Waals surface area (Å²) < 4.78 is 30.5. The number of carbonyl (C=O) groups excluding carboxylic acids is 2. The van der Waals surface area contributed by atoms with Crippen LogP contribution in [-0.4, -0.2) is 33.2 Å². The average Bonchev–Trinajstić information content (AvgIpc) is 3.10. The smallest absolute Gasteiger partial charge is 0.259 e. The number of hydrogen-bond donors (Lipinski definition) is 1. The quantitative estimate of drug-likeness (QED) is 0.622. The van der Waals surface area contributed by atoms with Crippen LogP contribution >= 0.6 is 0 Å². The van der Waals surface area contributed by atoms with E-state index in [1.807, 2.05) is 6.92 Å². The highest BCUT2D eigenvalue weighted by molar-refractivity contribution is 7.91. The molecule has 7 nitrogen and oxygen atoms in total. The van der Waals surface area contributed by atoms with Gasteiger partial charge in [-0.15, -0.1) is 0 Å². The van der Waals surface area contributed by atoms with Gasteiger partial charge >= 0.3 is 0 Å². The van der Waals surface area contributed by atoms with E-state index in [0.29, 0.717) is 22.6 Å². The summed E-state index contributed by atoms with van der Waals surface area (Å²) in [5.41, 5.74) is 2.38. The number of methoxy groups -OCH3 is 1. The molecular formula is C24H22N2O5S. The van der Waals surface area contributed by atoms with Gasteiger partial charge < -0.3 is 10.1 Å². The van der Waals surface area contributed by atoms with Crippen LogP contribution in [0.2, 0.25) is 0 Å². The SMILES string of the molecule is COc1ccc(N2C(=O)c3ccccc3C2C(=O)NCS(=O)(=O)c2ccc(C)cc2)cc1. The third kappa shape index (κ3) is 3.97. The van der Waals surface area contributed by atoms with Crippen LogP contribution in [0.25, 0.3) is 0 Å². The lowest BCUT2D eigenvalue weighted by Crippen LogP contribution is -2.41. The molecule has 1 aliphatic heterocycles. The minimum atomic E-state index is -3.74. The Morgan fingerprint density at radius 1 is 1.00 bits per heavy atom. The minimum Gasteiger partial charge on any atom is -0.497 e. The van der Waals surface area contributed by atoms with Gasteiger partial charge in [-0.1, -0.05) is 35.9 Å². The lowest BCUT2D eigenvalue weighted by molar-refractivity contribution is -0.122. The molecule has 0 saturated heterocycles. The van der Waals surface area contributed by atoms with Crippen LogP contribution in [0.15, 0.2) is 77.7 Å². The van der Waals surface area contributed by atoms with Gasteiger partial charge in [0.15, 0.2) is 9.84 Å². The first-order valence-corrected chi connectivity index (χ1v) is 11.6. The summed E-state index contributed by atoms with van der Waals surface area (Å²) in [7, 11) is -2.20. The van der Waals surface area contributed by atoms with Crippen LogP contribution in [0, 0.1) is 6.92 Å². The summed E-state index contributed by atoms with van der Waals surface area (Å²) in [5, 5.41) is 2.52. The lowest BCUT2D eigenvalue weighted by Gasteiger charge is -2.25. The maximum atomic E-state index is 13.2. The van der Waals surface area contributed by atoms with E-state index >= 15 is 0 Å². The van der Waals surface area contributed by atoms with Crippen molar-refractivity contribution < 1.29 is 22.7 Å². The van der Waals surface area contributed by atoms with E-state index in [9.17, 15) is 18.0 Å². The summed E-state index contributed by atoms with van der Waals surface area (Å²) in [6.07, 6.45) is 0. The van der Waals surface area contributed by atoms with Gasteiger partial charge in [-0.3, -0.25) is 14.5 Å². The second-order valence-electron chi connectivity index (χ2n) is 7.48. The Kier molecular flexibility index (Phi) is 5.71. The molecule has 8 heteroatoms. The Hall–Kier alpha value is -3.65. The van der Waals surface area contributed by atoms with Gasteiger partial charge in [0.2, 0.25) is 5.91 Å². The summed E-state index contributed by atoms with van der Waals surface area (Å²) in [4.78, 5) is 27.8. The number of ether oxygens (including phenoxy) is 1. The van der Waals surface area contributed by atoms with E-state index < -0.39 is 27.7 Å². The molecule has 0 aliphatic carbocycles. The van der Waals surface area contributed by atoms with Crippen LogP contribution in [0.1, 0.15) is 27.5 Å². The molecule has 1 N–H and O–H groups in total. The molecule has 0 radical (unpaired) electrons. The third-order valence-electron chi connectivity index (χ3n) is 5.38. The number of carbonyl (C=O) groups is 2. The van der Waals surface area contributed by atoms with Crippen molar-refractivity contribution in [3.8, 4) is 5.75 Å². The largest absolute Gasteiger partial charge is 0.497 e. The summed E-state index contributed by atoms with van der Waals surface area (Å²) in [6.45, 7) is 1.86. The van der Waals surface area contributed by atoms with Gasteiger partial charge in [-0.25, -0.2) is 8.42 Å². The van der Waals surface area contributed by atoms with Gasteiger partial charge in [0.05, 0.1) is 12.0 Å². The Bertz CT molecular complexity index is 1270. The molecule has 3 aromatic rings. The summed E-state index contributed by atoms with van der Waals surface area (Å²) in [5.74, 6) is -0.858. The molecule has 0 saturated carbocycles. The predicted molar refractivity (Wildman–Crippen MR) is 120 cm³/mol. The number of fused-ring (bicyclic) bond motifs is 1. The third-order valence-corrected chi connectivity index (χ3v) is 6.89. The van der Waals surface area contributed by atoms with Crippen molar-refractivity contribution >= 4 is 27.3 Å². The number of nitrogens with zero attached hydrogens (tertiary/aromatic N) is 1. The fourth-order valence-electron chi connectivity index (χ4n) is 3.68. The van der Waals surface area contributed by atoms with Crippen molar-refractivity contribution in [3.63, 3.8) is 0 Å². The standard InChI is InChI=1S/C24H22N2O5S/c1-16-7-13-19(14-8-16)32(29,30)15-25-23(27)22-20-5-3-4-6-21(20)24(28)26(22)17-9-11-18(31-2)12-10-17/h3-14,22H,15H2,1-2H3,(H,25,27). The first-order chi connectivity index (χ1) is 15.3. The predicted octanol–water partition coefficient (Wildman–Crippen LogP) is 3.25. The number of hydrogen-bond acceptors (Lipinski definition) is 5. The average molecular weight is 451 g/mol. The van der Waals surface area contributed by atoms with E-state index in [1.165, 1.54) is 24.1 Å². The first kappa shape index (κ1) is 21.6. The van der Waals surface area contributed by atoms with Crippen molar-refractivity contribution in [1.29, 1.82) is 0 Å². The topological polar surface area (TPSA) is 92.8 Å². The van der Waals surface area contributed by atoms with E-state index in [-0.39, 0.29) is 10.8 Å². The Morgan fingerprint density at radius 2 is 1.66 bits per heavy atom. The van der Waals surface area contributed by atoms with Crippen LogP contribution in [0.5, 0.6) is 5.75 Å². The number of amides is 2. The van der Waals surface area contributed by atoms with Crippen molar-refractivity contribution in [3.05, 3.63) is 89.5 Å². The van der Waals surface area contributed by atoms with Crippen LogP contribution in [0.4, 0.5) is 5.69 Å². The highest BCUT2D eigenvalue weighted by Gasteiger charge is 2.42. The molecule has 1 unspecified atom stereocenters. The summed E-state index contributed by atoms with van der Waals surface area (Å²) in [6, 6.07) is 19.0. The highest BCUT2D eigenvalue weighted by Crippen LogP contribution is 2.38. The maximum Gasteiger partial charge on any atom is 0.259 e. The Labute approximate surface area is 186 Å². The number of aryl methyl sites for hydroxylation is 1. The van der Waals surface area contributed by atoms with E-state index in [1.54, 1.807) is 60.7 Å². The van der Waals surface area contributed by atoms with Gasteiger partial charge in [-0.2, -0.15) is 0 Å². The zero-order valence-electron chi connectivity index (χ0n) is 17.6. The minimum absolute atomic E-state index is 0.123. The number of sulfone groups is 1. The molecule has 0 spiro atoms. The Balaban J connectivity index is 1.63. The first-order valence-electron chi connectivity index (χ1n) is 9.95. The van der Waals surface area contributed by atoms with Crippen LogP contribution in [0.3, 0.4) is 0 Å². The van der Waals surface area contributed by atoms with E-state index in [0.717, 1.165) is 5.56 Å². The van der Waals surface area contributed by atoms with Crippen LogP contribution < -0.4 is 15.0 Å². The zero-order chi connectivity index (χ0) is 22.9. The summed E-state index contributed by atoms with van der Waals surface area (Å²) >= 11 is 0. The number of rotatable bonds is 6. The van der Waals surface area contributed by atoms with Gasteiger partial charge in [0, 0.05) is 11.3 Å². The number of benzene rings is 3. The molecule has 2 amide bonds. The van der Waals surface area contributed by atoms with Crippen molar-refractivity contribution in [1.82, 2.24) is 5.32 Å². The molecule has 164 valence electrons. The van der Waals surface area contributed by atoms with E-state index in [2.05, 4.69) is 5.32 Å². The monoisotopic (exact) mass is 450 g/mol. The number of anilines is 1. The van der Waals surface area contributed by atoms with Gasteiger partial charge in [0.1, 0.15) is 17.7 Å². The van der Waals surface area contributed by atoms with Crippen molar-refractivity contribution in [2.24, 2.45) is 0 Å². The van der Waals surface area contributed by atoms with Crippen molar-refractivity contribution in [2.45, 2.75) is 17.9 Å². The zero-order valence-corrected chi connectivity index (χ0v) is 18.4. The molecule has 1 aliphatic rings. The second-order valence-corrected chi connectivity index (χ2v) is 9.47.